The highest BCUT2D eigenvalue weighted by Crippen LogP contribution is 2.45. The van der Waals surface area contributed by atoms with E-state index in [2.05, 4.69) is 186 Å². The molecule has 1 atom stereocenters. The number of benzene rings is 6. The zero-order valence-corrected chi connectivity index (χ0v) is 33.2. The highest BCUT2D eigenvalue weighted by atomic mass is 15.2. The summed E-state index contributed by atoms with van der Waals surface area (Å²) >= 11 is 0. The summed E-state index contributed by atoms with van der Waals surface area (Å²) in [5, 5.41) is 0. The lowest BCUT2D eigenvalue weighted by Crippen LogP contribution is -2.62. The van der Waals surface area contributed by atoms with Crippen molar-refractivity contribution in [3.8, 4) is 22.3 Å². The van der Waals surface area contributed by atoms with Gasteiger partial charge in [-0.2, -0.15) is 0 Å². The fraction of sp³-hybridized carbons (Fsp3) is 0.294. The highest BCUT2D eigenvalue weighted by Gasteiger charge is 2.44. The van der Waals surface area contributed by atoms with Crippen LogP contribution in [-0.2, 0) is 17.3 Å². The second-order valence-corrected chi connectivity index (χ2v) is 18.1. The van der Waals surface area contributed by atoms with Crippen LogP contribution < -0.4 is 26.2 Å². The molecular formula is C51H53BN2. The van der Waals surface area contributed by atoms with E-state index in [0.717, 1.165) is 6.42 Å². The van der Waals surface area contributed by atoms with Gasteiger partial charge >= 0.3 is 0 Å². The number of fused-ring (bicyclic) bond motifs is 4. The van der Waals surface area contributed by atoms with Gasteiger partial charge in [-0.25, -0.2) is 0 Å². The average Bonchev–Trinajstić information content (AvgIpc) is 3.24. The maximum absolute atomic E-state index is 2.73. The van der Waals surface area contributed by atoms with Crippen LogP contribution >= 0.6 is 0 Å². The second-order valence-electron chi connectivity index (χ2n) is 18.1. The van der Waals surface area contributed by atoms with Gasteiger partial charge in [-0.05, 0) is 123 Å². The van der Waals surface area contributed by atoms with Gasteiger partial charge in [-0.15, -0.1) is 0 Å². The molecule has 0 aromatic heterocycles. The summed E-state index contributed by atoms with van der Waals surface area (Å²) in [5.74, 6) is 0. The molecule has 0 bridgehead atoms. The molecule has 0 aliphatic carbocycles. The normalized spacial score (nSPS) is 16.5. The van der Waals surface area contributed by atoms with Gasteiger partial charge in [0.2, 0.25) is 0 Å². The quantitative estimate of drug-likeness (QED) is 0.169. The minimum Gasteiger partial charge on any atom is -0.339 e. The van der Waals surface area contributed by atoms with E-state index in [4.69, 9.17) is 0 Å². The van der Waals surface area contributed by atoms with Gasteiger partial charge in [0, 0.05) is 34.5 Å². The lowest BCUT2D eigenvalue weighted by molar-refractivity contribution is 0.582. The topological polar surface area (TPSA) is 6.48 Å². The van der Waals surface area contributed by atoms with Crippen LogP contribution in [0.5, 0.6) is 0 Å². The largest absolute Gasteiger partial charge is 0.339 e. The van der Waals surface area contributed by atoms with Crippen molar-refractivity contribution in [2.45, 2.75) is 97.4 Å². The van der Waals surface area contributed by atoms with Crippen LogP contribution in [0.4, 0.5) is 28.4 Å². The van der Waals surface area contributed by atoms with Gasteiger partial charge in [0.25, 0.3) is 6.71 Å². The molecule has 6 aromatic carbocycles. The summed E-state index contributed by atoms with van der Waals surface area (Å²) in [5.41, 5.74) is 20.3. The Kier molecular flexibility index (Phi) is 8.41. The number of hydrogen-bond donors (Lipinski definition) is 0. The predicted molar refractivity (Wildman–Crippen MR) is 234 cm³/mol. The van der Waals surface area contributed by atoms with Crippen LogP contribution in [0, 0.1) is 0 Å². The molecule has 0 radical (unpaired) electrons. The zero-order chi connectivity index (χ0) is 37.4. The van der Waals surface area contributed by atoms with E-state index in [1.807, 2.05) is 0 Å². The van der Waals surface area contributed by atoms with Crippen molar-refractivity contribution >= 4 is 51.5 Å². The smallest absolute Gasteiger partial charge is 0.252 e. The van der Waals surface area contributed by atoms with Crippen molar-refractivity contribution in [2.24, 2.45) is 0 Å². The third kappa shape index (κ3) is 5.88. The molecule has 270 valence electrons. The van der Waals surface area contributed by atoms with Gasteiger partial charge in [0.05, 0.1) is 0 Å². The summed E-state index contributed by atoms with van der Waals surface area (Å²) in [6, 6.07) is 49.6. The number of hydrogen-bond acceptors (Lipinski definition) is 2. The van der Waals surface area contributed by atoms with Crippen LogP contribution in [-0.4, -0.2) is 12.8 Å². The zero-order valence-electron chi connectivity index (χ0n) is 33.2. The Bertz CT molecular complexity index is 2360. The van der Waals surface area contributed by atoms with Gasteiger partial charge in [0.1, 0.15) is 0 Å². The minimum absolute atomic E-state index is 0.114. The lowest BCUT2D eigenvalue weighted by atomic mass is 9.33. The Morgan fingerprint density at radius 2 is 1.15 bits per heavy atom. The van der Waals surface area contributed by atoms with Crippen molar-refractivity contribution in [1.82, 2.24) is 0 Å². The molecular weight excluding hydrogens is 651 g/mol. The molecule has 3 heteroatoms. The Morgan fingerprint density at radius 1 is 0.537 bits per heavy atom. The molecule has 0 amide bonds. The second kappa shape index (κ2) is 13.1. The molecule has 0 N–H and O–H groups in total. The monoisotopic (exact) mass is 704 g/mol. The SMILES string of the molecule is CC1CCCCCc2cccc3c2N1c1cccc2c1B3c1ccc(-c3ccc(C(C)(C)C)cc3)cc1N2c1cccc(-c2ccc(C(C)(C)C)cc2)c1. The third-order valence-electron chi connectivity index (χ3n) is 12.4. The first-order valence-electron chi connectivity index (χ1n) is 20.3. The van der Waals surface area contributed by atoms with Crippen LogP contribution in [0.1, 0.15) is 90.8 Å². The van der Waals surface area contributed by atoms with Crippen LogP contribution in [0.25, 0.3) is 22.3 Å². The number of rotatable bonds is 3. The molecule has 0 saturated heterocycles. The molecule has 9 rings (SSSR count). The highest BCUT2D eigenvalue weighted by molar-refractivity contribution is 7.00. The predicted octanol–water partition coefficient (Wildman–Crippen LogP) is 11.9. The van der Waals surface area contributed by atoms with Gasteiger partial charge in [-0.3, -0.25) is 0 Å². The lowest BCUT2D eigenvalue weighted by Gasteiger charge is -2.46. The van der Waals surface area contributed by atoms with Gasteiger partial charge in [0.15, 0.2) is 0 Å². The first-order valence-corrected chi connectivity index (χ1v) is 20.3. The van der Waals surface area contributed by atoms with E-state index >= 15 is 0 Å². The van der Waals surface area contributed by atoms with Crippen LogP contribution in [0.3, 0.4) is 0 Å². The summed E-state index contributed by atoms with van der Waals surface area (Å²) in [4.78, 5) is 5.30. The summed E-state index contributed by atoms with van der Waals surface area (Å²) in [6.07, 6.45) is 6.17. The number of para-hydroxylation sites is 1. The molecule has 0 saturated carbocycles. The summed E-state index contributed by atoms with van der Waals surface area (Å²) in [7, 11) is 0. The molecule has 3 aliphatic heterocycles. The molecule has 3 aliphatic rings. The van der Waals surface area contributed by atoms with Crippen molar-refractivity contribution in [3.05, 3.63) is 144 Å². The molecule has 6 aromatic rings. The molecule has 2 nitrogen and oxygen atoms in total. The van der Waals surface area contributed by atoms with E-state index < -0.39 is 0 Å². The molecule has 0 fully saturated rings. The van der Waals surface area contributed by atoms with Crippen molar-refractivity contribution in [2.75, 3.05) is 9.80 Å². The van der Waals surface area contributed by atoms with Gasteiger partial charge < -0.3 is 9.80 Å². The Balaban J connectivity index is 1.26. The van der Waals surface area contributed by atoms with E-state index in [-0.39, 0.29) is 17.5 Å². The maximum Gasteiger partial charge on any atom is 0.252 e. The molecule has 3 heterocycles. The summed E-state index contributed by atoms with van der Waals surface area (Å²) < 4.78 is 0. The third-order valence-corrected chi connectivity index (χ3v) is 12.4. The average molecular weight is 705 g/mol. The van der Waals surface area contributed by atoms with Crippen molar-refractivity contribution in [1.29, 1.82) is 0 Å². The minimum atomic E-state index is 0.114. The van der Waals surface area contributed by atoms with E-state index in [1.165, 1.54) is 109 Å². The Hall–Kier alpha value is -5.02. The fourth-order valence-corrected chi connectivity index (χ4v) is 9.42. The maximum atomic E-state index is 2.73. The first kappa shape index (κ1) is 34.7. The van der Waals surface area contributed by atoms with Crippen molar-refractivity contribution < 1.29 is 0 Å². The van der Waals surface area contributed by atoms with Crippen LogP contribution in [0.15, 0.2) is 127 Å². The van der Waals surface area contributed by atoms with Crippen LogP contribution in [0.2, 0.25) is 0 Å². The summed E-state index contributed by atoms with van der Waals surface area (Å²) in [6.45, 7) is 16.3. The fourth-order valence-electron chi connectivity index (χ4n) is 9.42. The molecule has 54 heavy (non-hydrogen) atoms. The number of aryl methyl sites for hydroxylation is 1. The number of nitrogens with zero attached hydrogens (tertiary/aromatic N) is 2. The van der Waals surface area contributed by atoms with E-state index in [0.29, 0.717) is 6.04 Å². The standard InChI is InChI=1S/C51H53BN2/c1-34-14-9-8-10-15-37-16-12-19-44-49(37)53(34)45-20-13-21-46-48(45)52(44)43-31-26-39(36-24-29-41(30-25-36)51(5,6)7)33-47(43)54(46)42-18-11-17-38(32-42)35-22-27-40(28-23-35)50(2,3)4/h11-13,16-34H,8-10,14-15H2,1-7H3. The van der Waals surface area contributed by atoms with Gasteiger partial charge in [-0.1, -0.05) is 151 Å². The van der Waals surface area contributed by atoms with E-state index in [9.17, 15) is 0 Å². The number of anilines is 5. The molecule has 0 spiro atoms. The van der Waals surface area contributed by atoms with E-state index in [1.54, 1.807) is 0 Å². The Labute approximate surface area is 324 Å². The van der Waals surface area contributed by atoms with Crippen molar-refractivity contribution in [3.63, 3.8) is 0 Å². The Morgan fingerprint density at radius 3 is 1.83 bits per heavy atom. The molecule has 1 unspecified atom stereocenters. The first-order chi connectivity index (χ1) is 26.0.